The summed E-state index contributed by atoms with van der Waals surface area (Å²) in [6.45, 7) is 1.92. The predicted octanol–water partition coefficient (Wildman–Crippen LogP) is 3.75. The van der Waals surface area contributed by atoms with Crippen molar-refractivity contribution in [2.45, 2.75) is 13.3 Å². The molecule has 0 saturated carbocycles. The van der Waals surface area contributed by atoms with Crippen molar-refractivity contribution in [1.82, 2.24) is 39.6 Å². The molecule has 0 aliphatic rings. The number of hydrogen-bond acceptors (Lipinski definition) is 8. The highest BCUT2D eigenvalue weighted by molar-refractivity contribution is 5.92. The van der Waals surface area contributed by atoms with Gasteiger partial charge in [0.15, 0.2) is 11.5 Å². The summed E-state index contributed by atoms with van der Waals surface area (Å²) in [6.07, 6.45) is 8.49. The van der Waals surface area contributed by atoms with Gasteiger partial charge in [-0.25, -0.2) is 19.9 Å². The van der Waals surface area contributed by atoms with E-state index in [1.807, 2.05) is 54.1 Å². The standard InChI is InChI=1S/C25H19N9O2/c1-15-12-34(14-29-15)25-22-24(27-13-28-25)32-23(31-22)17-2-4-18(5-3-17)30-21(35)11-19-10-20(33-36-19)16-6-8-26-9-7-16/h2-10,12-14H,11H2,1H3,(H,30,35)(H,27,28,31,32). The lowest BCUT2D eigenvalue weighted by molar-refractivity contribution is -0.115. The third-order valence-electron chi connectivity index (χ3n) is 5.54. The van der Waals surface area contributed by atoms with Crippen LogP contribution in [0.5, 0.6) is 0 Å². The normalized spacial score (nSPS) is 11.1. The average molecular weight is 477 g/mol. The molecule has 0 radical (unpaired) electrons. The highest BCUT2D eigenvalue weighted by Crippen LogP contribution is 2.24. The first-order valence-corrected chi connectivity index (χ1v) is 11.1. The molecule has 0 atom stereocenters. The van der Waals surface area contributed by atoms with Crippen LogP contribution in [0.25, 0.3) is 39.6 Å². The fourth-order valence-electron chi connectivity index (χ4n) is 3.82. The maximum atomic E-state index is 12.5. The second kappa shape index (κ2) is 8.87. The van der Waals surface area contributed by atoms with Crippen LogP contribution in [0.4, 0.5) is 5.69 Å². The molecule has 36 heavy (non-hydrogen) atoms. The van der Waals surface area contributed by atoms with Crippen LogP contribution in [-0.2, 0) is 11.2 Å². The minimum absolute atomic E-state index is 0.0680. The van der Waals surface area contributed by atoms with Crippen LogP contribution in [0.3, 0.4) is 0 Å². The smallest absolute Gasteiger partial charge is 0.232 e. The number of H-pyrrole nitrogens is 1. The van der Waals surface area contributed by atoms with Gasteiger partial charge in [-0.15, -0.1) is 0 Å². The Hall–Kier alpha value is -5.19. The highest BCUT2D eigenvalue weighted by Gasteiger charge is 2.14. The fraction of sp³-hybridized carbons (Fsp3) is 0.0800. The summed E-state index contributed by atoms with van der Waals surface area (Å²) in [5.41, 5.74) is 5.18. The van der Waals surface area contributed by atoms with E-state index in [2.05, 4.69) is 40.4 Å². The number of aromatic nitrogens is 8. The minimum atomic E-state index is -0.209. The van der Waals surface area contributed by atoms with Gasteiger partial charge >= 0.3 is 0 Å². The third kappa shape index (κ3) is 4.20. The van der Waals surface area contributed by atoms with Gasteiger partial charge in [0.05, 0.1) is 12.1 Å². The Morgan fingerprint density at radius 1 is 1.06 bits per heavy atom. The zero-order chi connectivity index (χ0) is 24.5. The first-order chi connectivity index (χ1) is 17.6. The van der Waals surface area contributed by atoms with Crippen molar-refractivity contribution in [3.05, 3.63) is 85.2 Å². The van der Waals surface area contributed by atoms with Crippen molar-refractivity contribution < 1.29 is 9.32 Å². The zero-order valence-electron chi connectivity index (χ0n) is 19.1. The average Bonchev–Trinajstić information content (AvgIpc) is 3.64. The zero-order valence-corrected chi connectivity index (χ0v) is 19.1. The number of benzene rings is 1. The van der Waals surface area contributed by atoms with Gasteiger partial charge in [0, 0.05) is 41.5 Å². The van der Waals surface area contributed by atoms with E-state index in [1.54, 1.807) is 24.8 Å². The molecule has 1 aromatic carbocycles. The Labute approximate surface area is 204 Å². The number of anilines is 1. The maximum Gasteiger partial charge on any atom is 0.232 e. The molecular formula is C25H19N9O2. The van der Waals surface area contributed by atoms with Crippen molar-refractivity contribution in [3.8, 4) is 28.5 Å². The van der Waals surface area contributed by atoms with Gasteiger partial charge in [-0.05, 0) is 43.3 Å². The molecule has 0 aliphatic carbocycles. The summed E-state index contributed by atoms with van der Waals surface area (Å²) in [5, 5.41) is 6.91. The number of aryl methyl sites for hydroxylation is 1. The second-order valence-electron chi connectivity index (χ2n) is 8.12. The molecule has 5 heterocycles. The van der Waals surface area contributed by atoms with E-state index in [9.17, 15) is 4.79 Å². The molecule has 176 valence electrons. The molecule has 6 rings (SSSR count). The van der Waals surface area contributed by atoms with Crippen LogP contribution in [0.15, 0.2) is 78.2 Å². The van der Waals surface area contributed by atoms with Crippen molar-refractivity contribution in [2.75, 3.05) is 5.32 Å². The van der Waals surface area contributed by atoms with Crippen LogP contribution in [0, 0.1) is 6.92 Å². The van der Waals surface area contributed by atoms with Gasteiger partial charge in [-0.2, -0.15) is 0 Å². The summed E-state index contributed by atoms with van der Waals surface area (Å²) < 4.78 is 7.14. The van der Waals surface area contributed by atoms with Crippen LogP contribution in [0.1, 0.15) is 11.5 Å². The number of pyridine rings is 1. The molecule has 0 saturated heterocycles. The molecule has 6 aromatic rings. The molecule has 0 fully saturated rings. The first-order valence-electron chi connectivity index (χ1n) is 11.1. The lowest BCUT2D eigenvalue weighted by Crippen LogP contribution is -2.13. The van der Waals surface area contributed by atoms with E-state index < -0.39 is 0 Å². The molecule has 0 unspecified atom stereocenters. The van der Waals surface area contributed by atoms with Gasteiger partial charge in [0.1, 0.15) is 35.4 Å². The van der Waals surface area contributed by atoms with Crippen LogP contribution < -0.4 is 5.32 Å². The van der Waals surface area contributed by atoms with Gasteiger partial charge in [0.2, 0.25) is 5.91 Å². The molecule has 1 amide bonds. The van der Waals surface area contributed by atoms with E-state index in [4.69, 9.17) is 4.52 Å². The van der Waals surface area contributed by atoms with Crippen molar-refractivity contribution in [1.29, 1.82) is 0 Å². The molecule has 0 aliphatic heterocycles. The lowest BCUT2D eigenvalue weighted by atomic mass is 10.1. The number of carbonyl (C=O) groups excluding carboxylic acids is 1. The van der Waals surface area contributed by atoms with Crippen LogP contribution >= 0.6 is 0 Å². The van der Waals surface area contributed by atoms with E-state index in [1.165, 1.54) is 6.33 Å². The third-order valence-corrected chi connectivity index (χ3v) is 5.54. The number of rotatable bonds is 6. The molecule has 2 N–H and O–H groups in total. The SMILES string of the molecule is Cc1cn(-c2ncnc3nc(-c4ccc(NC(=O)Cc5cc(-c6ccncc6)no5)cc4)[nH]c23)cn1. The number of carbonyl (C=O) groups is 1. The molecule has 0 bridgehead atoms. The summed E-state index contributed by atoms with van der Waals surface area (Å²) in [6, 6.07) is 12.8. The monoisotopic (exact) mass is 477 g/mol. The number of nitrogens with one attached hydrogen (secondary N) is 2. The Morgan fingerprint density at radius 3 is 2.67 bits per heavy atom. The summed E-state index contributed by atoms with van der Waals surface area (Å²) in [7, 11) is 0. The van der Waals surface area contributed by atoms with Crippen molar-refractivity contribution in [2.24, 2.45) is 0 Å². The maximum absolute atomic E-state index is 12.5. The largest absolute Gasteiger partial charge is 0.360 e. The Kier molecular flexibility index (Phi) is 5.26. The van der Waals surface area contributed by atoms with Gasteiger partial charge in [0.25, 0.3) is 0 Å². The second-order valence-corrected chi connectivity index (χ2v) is 8.12. The number of amides is 1. The predicted molar refractivity (Wildman–Crippen MR) is 131 cm³/mol. The first kappa shape index (κ1) is 21.4. The van der Waals surface area contributed by atoms with Crippen molar-refractivity contribution >= 4 is 22.8 Å². The number of imidazole rings is 2. The van der Waals surface area contributed by atoms with Gasteiger partial charge < -0.3 is 14.8 Å². The minimum Gasteiger partial charge on any atom is -0.360 e. The van der Waals surface area contributed by atoms with E-state index >= 15 is 0 Å². The van der Waals surface area contributed by atoms with E-state index in [0.717, 1.165) is 16.8 Å². The van der Waals surface area contributed by atoms with E-state index in [0.29, 0.717) is 39.9 Å². The molecule has 11 nitrogen and oxygen atoms in total. The summed E-state index contributed by atoms with van der Waals surface area (Å²) >= 11 is 0. The number of nitrogens with zero attached hydrogens (tertiary/aromatic N) is 7. The van der Waals surface area contributed by atoms with Gasteiger partial charge in [-0.3, -0.25) is 14.3 Å². The van der Waals surface area contributed by atoms with Crippen LogP contribution in [-0.4, -0.2) is 45.5 Å². The molecular weight excluding hydrogens is 458 g/mol. The van der Waals surface area contributed by atoms with Gasteiger partial charge in [-0.1, -0.05) is 5.16 Å². The summed E-state index contributed by atoms with van der Waals surface area (Å²) in [5.74, 6) is 1.58. The fourth-order valence-corrected chi connectivity index (χ4v) is 3.82. The topological polar surface area (TPSA) is 140 Å². The molecule has 11 heteroatoms. The Bertz CT molecular complexity index is 1670. The number of fused-ring (bicyclic) bond motifs is 1. The quantitative estimate of drug-likeness (QED) is 0.370. The molecule has 0 spiro atoms. The van der Waals surface area contributed by atoms with E-state index in [-0.39, 0.29) is 12.3 Å². The summed E-state index contributed by atoms with van der Waals surface area (Å²) in [4.78, 5) is 37.3. The molecule has 5 aromatic heterocycles. The Balaban J connectivity index is 1.16. The Morgan fingerprint density at radius 2 is 1.89 bits per heavy atom. The van der Waals surface area contributed by atoms with Crippen LogP contribution in [0.2, 0.25) is 0 Å². The number of aromatic amines is 1. The lowest BCUT2D eigenvalue weighted by Gasteiger charge is -2.04. The van der Waals surface area contributed by atoms with Crippen molar-refractivity contribution in [3.63, 3.8) is 0 Å². The highest BCUT2D eigenvalue weighted by atomic mass is 16.5. The number of hydrogen-bond donors (Lipinski definition) is 2.